The molecule has 0 spiro atoms. The van der Waals surface area contributed by atoms with Crippen molar-refractivity contribution in [1.82, 2.24) is 15.1 Å². The van der Waals surface area contributed by atoms with Crippen molar-refractivity contribution >= 4 is 17.6 Å². The van der Waals surface area contributed by atoms with E-state index in [1.54, 1.807) is 25.3 Å². The largest absolute Gasteiger partial charge is 0.384 e. The molecule has 0 bridgehead atoms. The average Bonchev–Trinajstić information content (AvgIpc) is 2.82. The van der Waals surface area contributed by atoms with Gasteiger partial charge in [0.25, 0.3) is 5.91 Å². The van der Waals surface area contributed by atoms with E-state index in [0.29, 0.717) is 5.82 Å². The minimum absolute atomic E-state index is 0.0671. The third kappa shape index (κ3) is 3.51. The van der Waals surface area contributed by atoms with Crippen LogP contribution in [-0.2, 0) is 0 Å². The molecule has 0 aliphatic rings. The standard InChI is InChI=1S/C12H15N5O2/c1-3-6-13-9-4-5-10(14-7-9)11(18)16-12-15-8(2)17-19-12/h4-5,7,13H,3,6H2,1-2H3,(H,15,16,17,18). The maximum atomic E-state index is 11.8. The number of rotatable bonds is 5. The van der Waals surface area contributed by atoms with Crippen LogP contribution >= 0.6 is 0 Å². The highest BCUT2D eigenvalue weighted by Gasteiger charge is 2.11. The van der Waals surface area contributed by atoms with Crippen LogP contribution in [0.1, 0.15) is 29.7 Å². The molecule has 7 heteroatoms. The zero-order chi connectivity index (χ0) is 13.7. The van der Waals surface area contributed by atoms with Crippen LogP contribution in [0.3, 0.4) is 0 Å². The van der Waals surface area contributed by atoms with Gasteiger partial charge >= 0.3 is 6.01 Å². The Kier molecular flexibility index (Phi) is 4.07. The van der Waals surface area contributed by atoms with Gasteiger partial charge in [0.1, 0.15) is 5.69 Å². The SMILES string of the molecule is CCCNc1ccc(C(=O)Nc2nc(C)no2)nc1. The normalized spacial score (nSPS) is 10.2. The van der Waals surface area contributed by atoms with E-state index >= 15 is 0 Å². The van der Waals surface area contributed by atoms with E-state index in [1.165, 1.54) is 0 Å². The maximum absolute atomic E-state index is 11.8. The van der Waals surface area contributed by atoms with Crippen LogP contribution in [0.25, 0.3) is 0 Å². The molecule has 0 aromatic carbocycles. The highest BCUT2D eigenvalue weighted by molar-refractivity contribution is 6.01. The summed E-state index contributed by atoms with van der Waals surface area (Å²) in [6.45, 7) is 4.62. The van der Waals surface area contributed by atoms with Gasteiger partial charge in [0.2, 0.25) is 0 Å². The Morgan fingerprint density at radius 1 is 1.42 bits per heavy atom. The van der Waals surface area contributed by atoms with Gasteiger partial charge in [0, 0.05) is 6.54 Å². The molecule has 0 saturated carbocycles. The first kappa shape index (κ1) is 13.0. The lowest BCUT2D eigenvalue weighted by Gasteiger charge is -2.04. The summed E-state index contributed by atoms with van der Waals surface area (Å²) in [6.07, 6.45) is 2.64. The minimum atomic E-state index is -0.384. The van der Waals surface area contributed by atoms with E-state index in [2.05, 4.69) is 32.7 Å². The molecule has 0 atom stereocenters. The molecule has 2 rings (SSSR count). The van der Waals surface area contributed by atoms with Crippen LogP contribution in [0.4, 0.5) is 11.7 Å². The Labute approximate surface area is 110 Å². The summed E-state index contributed by atoms with van der Waals surface area (Å²) in [5.41, 5.74) is 1.17. The molecule has 2 N–H and O–H groups in total. The van der Waals surface area contributed by atoms with E-state index in [4.69, 9.17) is 4.52 Å². The molecule has 0 radical (unpaired) electrons. The number of hydrogen-bond acceptors (Lipinski definition) is 6. The van der Waals surface area contributed by atoms with Gasteiger partial charge in [-0.15, -0.1) is 0 Å². The maximum Gasteiger partial charge on any atom is 0.328 e. The fraction of sp³-hybridized carbons (Fsp3) is 0.333. The first-order chi connectivity index (χ1) is 9.19. The number of aromatic nitrogens is 3. The molecule has 0 aliphatic heterocycles. The number of hydrogen-bond donors (Lipinski definition) is 2. The third-order valence-electron chi connectivity index (χ3n) is 2.32. The fourth-order valence-corrected chi connectivity index (χ4v) is 1.41. The Hall–Kier alpha value is -2.44. The van der Waals surface area contributed by atoms with Gasteiger partial charge in [-0.1, -0.05) is 12.1 Å². The summed E-state index contributed by atoms with van der Waals surface area (Å²) in [6, 6.07) is 3.50. The molecular weight excluding hydrogens is 246 g/mol. The molecule has 2 aromatic rings. The lowest BCUT2D eigenvalue weighted by molar-refractivity contribution is 0.101. The van der Waals surface area contributed by atoms with E-state index < -0.39 is 0 Å². The summed E-state index contributed by atoms with van der Waals surface area (Å²) in [4.78, 5) is 19.8. The van der Waals surface area contributed by atoms with Crippen LogP contribution in [0.5, 0.6) is 0 Å². The summed E-state index contributed by atoms with van der Waals surface area (Å²) in [5.74, 6) is 0.0769. The number of aryl methyl sites for hydroxylation is 1. The first-order valence-electron chi connectivity index (χ1n) is 6.00. The van der Waals surface area contributed by atoms with E-state index in [9.17, 15) is 4.79 Å². The number of pyridine rings is 1. The second-order valence-electron chi connectivity index (χ2n) is 3.96. The zero-order valence-corrected chi connectivity index (χ0v) is 10.8. The van der Waals surface area contributed by atoms with Crippen LogP contribution in [0, 0.1) is 6.92 Å². The molecule has 2 aromatic heterocycles. The Morgan fingerprint density at radius 3 is 2.84 bits per heavy atom. The van der Waals surface area contributed by atoms with E-state index in [-0.39, 0.29) is 17.6 Å². The molecule has 0 fully saturated rings. The Balaban J connectivity index is 1.99. The summed E-state index contributed by atoms with van der Waals surface area (Å²) in [5, 5.41) is 9.24. The quantitative estimate of drug-likeness (QED) is 0.853. The van der Waals surface area contributed by atoms with Crippen molar-refractivity contribution in [3.05, 3.63) is 29.8 Å². The van der Waals surface area contributed by atoms with Crippen molar-refractivity contribution < 1.29 is 9.32 Å². The van der Waals surface area contributed by atoms with Crippen molar-refractivity contribution in [1.29, 1.82) is 0 Å². The second-order valence-corrected chi connectivity index (χ2v) is 3.96. The average molecular weight is 261 g/mol. The number of anilines is 2. The number of carbonyl (C=O) groups is 1. The molecule has 1 amide bonds. The van der Waals surface area contributed by atoms with Gasteiger partial charge in [0.05, 0.1) is 11.9 Å². The molecule has 7 nitrogen and oxygen atoms in total. The lowest BCUT2D eigenvalue weighted by atomic mass is 10.3. The molecular formula is C12H15N5O2. The van der Waals surface area contributed by atoms with Crippen molar-refractivity contribution in [3.63, 3.8) is 0 Å². The smallest absolute Gasteiger partial charge is 0.328 e. The number of nitrogens with zero attached hydrogens (tertiary/aromatic N) is 3. The van der Waals surface area contributed by atoms with Crippen molar-refractivity contribution in [2.45, 2.75) is 20.3 Å². The van der Waals surface area contributed by atoms with Crippen molar-refractivity contribution in [2.24, 2.45) is 0 Å². The summed E-state index contributed by atoms with van der Waals surface area (Å²) >= 11 is 0. The van der Waals surface area contributed by atoms with Gasteiger partial charge in [-0.05, 0) is 25.5 Å². The minimum Gasteiger partial charge on any atom is -0.384 e. The summed E-state index contributed by atoms with van der Waals surface area (Å²) < 4.78 is 4.80. The molecule has 0 saturated heterocycles. The third-order valence-corrected chi connectivity index (χ3v) is 2.32. The van der Waals surface area contributed by atoms with Crippen LogP contribution in [0.2, 0.25) is 0 Å². The molecule has 2 heterocycles. The Bertz CT molecular complexity index is 550. The number of nitrogens with one attached hydrogen (secondary N) is 2. The van der Waals surface area contributed by atoms with Crippen LogP contribution in [-0.4, -0.2) is 27.6 Å². The van der Waals surface area contributed by atoms with Crippen LogP contribution < -0.4 is 10.6 Å². The van der Waals surface area contributed by atoms with Gasteiger partial charge in [-0.3, -0.25) is 10.1 Å². The van der Waals surface area contributed by atoms with Crippen molar-refractivity contribution in [3.8, 4) is 0 Å². The summed E-state index contributed by atoms with van der Waals surface area (Å²) in [7, 11) is 0. The zero-order valence-electron chi connectivity index (χ0n) is 10.8. The molecule has 0 aliphatic carbocycles. The van der Waals surface area contributed by atoms with Crippen LogP contribution in [0.15, 0.2) is 22.9 Å². The number of carbonyl (C=O) groups excluding carboxylic acids is 1. The Morgan fingerprint density at radius 2 is 2.26 bits per heavy atom. The van der Waals surface area contributed by atoms with Crippen molar-refractivity contribution in [2.75, 3.05) is 17.2 Å². The highest BCUT2D eigenvalue weighted by Crippen LogP contribution is 2.08. The van der Waals surface area contributed by atoms with Gasteiger partial charge in [0.15, 0.2) is 5.82 Å². The molecule has 0 unspecified atom stereocenters. The monoisotopic (exact) mass is 261 g/mol. The topological polar surface area (TPSA) is 92.9 Å². The number of amides is 1. The fourth-order valence-electron chi connectivity index (χ4n) is 1.41. The second kappa shape index (κ2) is 5.94. The first-order valence-corrected chi connectivity index (χ1v) is 6.00. The lowest BCUT2D eigenvalue weighted by Crippen LogP contribution is -2.14. The van der Waals surface area contributed by atoms with Gasteiger partial charge < -0.3 is 9.84 Å². The predicted octanol–water partition coefficient (Wildman–Crippen LogP) is 1.85. The van der Waals surface area contributed by atoms with Gasteiger partial charge in [-0.2, -0.15) is 4.98 Å². The van der Waals surface area contributed by atoms with Gasteiger partial charge in [-0.25, -0.2) is 4.98 Å². The molecule has 100 valence electrons. The van der Waals surface area contributed by atoms with E-state index in [0.717, 1.165) is 18.7 Å². The predicted molar refractivity (Wildman–Crippen MR) is 70.0 cm³/mol. The highest BCUT2D eigenvalue weighted by atomic mass is 16.5. The molecule has 19 heavy (non-hydrogen) atoms. The van der Waals surface area contributed by atoms with E-state index in [1.807, 2.05) is 0 Å².